The van der Waals surface area contributed by atoms with Gasteiger partial charge in [0.1, 0.15) is 0 Å². The highest BCUT2D eigenvalue weighted by Crippen LogP contribution is 2.34. The third-order valence-corrected chi connectivity index (χ3v) is 5.92. The van der Waals surface area contributed by atoms with Gasteiger partial charge in [0, 0.05) is 49.4 Å². The van der Waals surface area contributed by atoms with Gasteiger partial charge >= 0.3 is 0 Å². The average Bonchev–Trinajstić information content (AvgIpc) is 3.19. The van der Waals surface area contributed by atoms with E-state index >= 15 is 0 Å². The van der Waals surface area contributed by atoms with E-state index < -0.39 is 0 Å². The van der Waals surface area contributed by atoms with Crippen molar-refractivity contribution in [3.8, 4) is 0 Å². The zero-order valence-electron chi connectivity index (χ0n) is 16.0. The molecule has 0 aromatic heterocycles. The lowest BCUT2D eigenvalue weighted by Gasteiger charge is -2.38. The SMILES string of the molecule is O=C(NCC1(c2ccccc2)CCOCC1)c1cccc(N2CCCC2=O)c1. The molecule has 0 unspecified atom stereocenters. The maximum absolute atomic E-state index is 12.9. The summed E-state index contributed by atoms with van der Waals surface area (Å²) in [4.78, 5) is 26.6. The minimum Gasteiger partial charge on any atom is -0.381 e. The molecule has 0 bridgehead atoms. The van der Waals surface area contributed by atoms with E-state index in [-0.39, 0.29) is 17.2 Å². The van der Waals surface area contributed by atoms with E-state index in [1.165, 1.54) is 5.56 Å². The van der Waals surface area contributed by atoms with Crippen molar-refractivity contribution in [3.63, 3.8) is 0 Å². The lowest BCUT2D eigenvalue weighted by Crippen LogP contribution is -2.44. The fourth-order valence-electron chi connectivity index (χ4n) is 4.21. The quantitative estimate of drug-likeness (QED) is 0.869. The van der Waals surface area contributed by atoms with Crippen LogP contribution in [0.4, 0.5) is 5.69 Å². The fourth-order valence-corrected chi connectivity index (χ4v) is 4.21. The van der Waals surface area contributed by atoms with E-state index in [4.69, 9.17) is 4.74 Å². The molecule has 0 spiro atoms. The maximum atomic E-state index is 12.9. The van der Waals surface area contributed by atoms with Crippen LogP contribution in [0.15, 0.2) is 54.6 Å². The van der Waals surface area contributed by atoms with Crippen LogP contribution < -0.4 is 10.2 Å². The Kier molecular flexibility index (Phi) is 5.44. The van der Waals surface area contributed by atoms with Gasteiger partial charge in [-0.2, -0.15) is 0 Å². The Labute approximate surface area is 165 Å². The molecule has 2 aromatic carbocycles. The van der Waals surface area contributed by atoms with Crippen LogP contribution in [0, 0.1) is 0 Å². The molecule has 2 amide bonds. The zero-order valence-corrected chi connectivity index (χ0v) is 16.0. The number of nitrogens with one attached hydrogen (secondary N) is 1. The molecule has 5 heteroatoms. The summed E-state index contributed by atoms with van der Waals surface area (Å²) in [6, 6.07) is 17.7. The number of carbonyl (C=O) groups is 2. The van der Waals surface area contributed by atoms with Crippen molar-refractivity contribution in [2.45, 2.75) is 31.1 Å². The van der Waals surface area contributed by atoms with Crippen LogP contribution in [-0.4, -0.2) is 38.1 Å². The Bertz CT molecular complexity index is 844. The molecule has 2 heterocycles. The Morgan fingerprint density at radius 3 is 2.57 bits per heavy atom. The highest BCUT2D eigenvalue weighted by atomic mass is 16.5. The van der Waals surface area contributed by atoms with Gasteiger partial charge in [0.05, 0.1) is 0 Å². The second-order valence-corrected chi connectivity index (χ2v) is 7.64. The molecule has 2 saturated heterocycles. The summed E-state index contributed by atoms with van der Waals surface area (Å²) in [5.74, 6) is 0.0260. The molecule has 2 aromatic rings. The largest absolute Gasteiger partial charge is 0.381 e. The third-order valence-electron chi connectivity index (χ3n) is 5.92. The molecule has 28 heavy (non-hydrogen) atoms. The molecule has 2 fully saturated rings. The van der Waals surface area contributed by atoms with Crippen LogP contribution in [0.25, 0.3) is 0 Å². The predicted octanol–water partition coefficient (Wildman–Crippen LogP) is 3.29. The van der Waals surface area contributed by atoms with Gasteiger partial charge in [-0.15, -0.1) is 0 Å². The molecule has 0 saturated carbocycles. The van der Waals surface area contributed by atoms with E-state index in [9.17, 15) is 9.59 Å². The van der Waals surface area contributed by atoms with Crippen molar-refractivity contribution in [2.75, 3.05) is 31.2 Å². The van der Waals surface area contributed by atoms with Crippen LogP contribution >= 0.6 is 0 Å². The number of ether oxygens (including phenoxy) is 1. The van der Waals surface area contributed by atoms with Gasteiger partial charge in [-0.3, -0.25) is 9.59 Å². The van der Waals surface area contributed by atoms with Crippen molar-refractivity contribution in [2.24, 2.45) is 0 Å². The van der Waals surface area contributed by atoms with E-state index in [0.717, 1.165) is 31.5 Å². The molecule has 4 rings (SSSR count). The van der Waals surface area contributed by atoms with Crippen LogP contribution in [-0.2, 0) is 14.9 Å². The predicted molar refractivity (Wildman–Crippen MR) is 109 cm³/mol. The van der Waals surface area contributed by atoms with Gasteiger partial charge in [0.2, 0.25) is 5.91 Å². The van der Waals surface area contributed by atoms with Gasteiger partial charge in [-0.1, -0.05) is 36.4 Å². The summed E-state index contributed by atoms with van der Waals surface area (Å²) in [5.41, 5.74) is 2.54. The van der Waals surface area contributed by atoms with E-state index in [1.807, 2.05) is 36.4 Å². The molecule has 2 aliphatic rings. The van der Waals surface area contributed by atoms with Gasteiger partial charge in [0.25, 0.3) is 5.91 Å². The topological polar surface area (TPSA) is 58.6 Å². The van der Waals surface area contributed by atoms with Crippen molar-refractivity contribution >= 4 is 17.5 Å². The first-order chi connectivity index (χ1) is 13.7. The van der Waals surface area contributed by atoms with Crippen molar-refractivity contribution in [1.29, 1.82) is 0 Å². The Morgan fingerprint density at radius 1 is 1.07 bits per heavy atom. The molecule has 0 aliphatic carbocycles. The summed E-state index contributed by atoms with van der Waals surface area (Å²) < 4.78 is 5.57. The van der Waals surface area contributed by atoms with E-state index in [2.05, 4.69) is 17.4 Å². The van der Waals surface area contributed by atoms with Gasteiger partial charge < -0.3 is 15.0 Å². The number of amides is 2. The van der Waals surface area contributed by atoms with Crippen LogP contribution in [0.2, 0.25) is 0 Å². The highest BCUT2D eigenvalue weighted by Gasteiger charge is 2.34. The number of anilines is 1. The minimum atomic E-state index is -0.102. The smallest absolute Gasteiger partial charge is 0.251 e. The van der Waals surface area contributed by atoms with Gasteiger partial charge in [-0.25, -0.2) is 0 Å². The first-order valence-electron chi connectivity index (χ1n) is 10.00. The van der Waals surface area contributed by atoms with Crippen molar-refractivity contribution < 1.29 is 14.3 Å². The summed E-state index contributed by atoms with van der Waals surface area (Å²) in [6.45, 7) is 2.71. The lowest BCUT2D eigenvalue weighted by atomic mass is 9.74. The van der Waals surface area contributed by atoms with Gasteiger partial charge in [0.15, 0.2) is 0 Å². The molecule has 146 valence electrons. The number of benzene rings is 2. The minimum absolute atomic E-state index is 0.0995. The van der Waals surface area contributed by atoms with Crippen molar-refractivity contribution in [3.05, 3.63) is 65.7 Å². The third kappa shape index (κ3) is 3.80. The van der Waals surface area contributed by atoms with Crippen LogP contribution in [0.3, 0.4) is 0 Å². The number of hydrogen-bond donors (Lipinski definition) is 1. The Balaban J connectivity index is 1.49. The van der Waals surface area contributed by atoms with Crippen molar-refractivity contribution in [1.82, 2.24) is 5.32 Å². The molecular formula is C23H26N2O3. The Morgan fingerprint density at radius 2 is 1.86 bits per heavy atom. The maximum Gasteiger partial charge on any atom is 0.251 e. The second-order valence-electron chi connectivity index (χ2n) is 7.64. The monoisotopic (exact) mass is 378 g/mol. The normalized spacial score (nSPS) is 18.9. The molecule has 2 aliphatic heterocycles. The lowest BCUT2D eigenvalue weighted by molar-refractivity contribution is -0.117. The number of hydrogen-bond acceptors (Lipinski definition) is 3. The fraction of sp³-hybridized carbons (Fsp3) is 0.391. The van der Waals surface area contributed by atoms with E-state index in [0.29, 0.717) is 31.7 Å². The summed E-state index contributed by atoms with van der Waals surface area (Å²) in [6.07, 6.45) is 3.23. The van der Waals surface area contributed by atoms with Crippen LogP contribution in [0.1, 0.15) is 41.6 Å². The summed E-state index contributed by atoms with van der Waals surface area (Å²) in [7, 11) is 0. The Hall–Kier alpha value is -2.66. The summed E-state index contributed by atoms with van der Waals surface area (Å²) in [5, 5.41) is 3.14. The average molecular weight is 378 g/mol. The molecule has 0 radical (unpaired) electrons. The first kappa shape index (κ1) is 18.7. The zero-order chi connectivity index (χ0) is 19.4. The molecule has 0 atom stereocenters. The standard InChI is InChI=1S/C23H26N2O3/c26-21-10-5-13-25(21)20-9-4-6-18(16-20)22(27)24-17-23(11-14-28-15-12-23)19-7-2-1-3-8-19/h1-4,6-9,16H,5,10-15,17H2,(H,24,27). The highest BCUT2D eigenvalue weighted by molar-refractivity contribution is 5.99. The summed E-state index contributed by atoms with van der Waals surface area (Å²) >= 11 is 0. The van der Waals surface area contributed by atoms with Crippen LogP contribution in [0.5, 0.6) is 0 Å². The molecule has 1 N–H and O–H groups in total. The molecule has 5 nitrogen and oxygen atoms in total. The first-order valence-corrected chi connectivity index (χ1v) is 10.00. The number of nitrogens with zero attached hydrogens (tertiary/aromatic N) is 1. The number of rotatable bonds is 5. The molecular weight excluding hydrogens is 352 g/mol. The van der Waals surface area contributed by atoms with Gasteiger partial charge in [-0.05, 0) is 43.0 Å². The number of carbonyl (C=O) groups excluding carboxylic acids is 2. The second kappa shape index (κ2) is 8.15. The van der Waals surface area contributed by atoms with E-state index in [1.54, 1.807) is 11.0 Å².